The summed E-state index contributed by atoms with van der Waals surface area (Å²) < 4.78 is 5.56. The van der Waals surface area contributed by atoms with Gasteiger partial charge in [0, 0.05) is 23.2 Å². The molecule has 0 aliphatic rings. The smallest absolute Gasteiger partial charge is 0.251 e. The maximum atomic E-state index is 11.6. The summed E-state index contributed by atoms with van der Waals surface area (Å²) in [5.74, 6) is 0.409. The van der Waals surface area contributed by atoms with Crippen LogP contribution in [-0.2, 0) is 6.61 Å². The van der Waals surface area contributed by atoms with Crippen molar-refractivity contribution < 1.29 is 9.53 Å². The van der Waals surface area contributed by atoms with E-state index in [1.165, 1.54) is 6.20 Å². The van der Waals surface area contributed by atoms with Gasteiger partial charge in [0.1, 0.15) is 17.5 Å². The predicted octanol–water partition coefficient (Wildman–Crippen LogP) is 3.33. The van der Waals surface area contributed by atoms with Crippen molar-refractivity contribution in [2.75, 3.05) is 7.05 Å². The van der Waals surface area contributed by atoms with Crippen LogP contribution >= 0.6 is 23.2 Å². The Kier molecular flexibility index (Phi) is 4.82. The van der Waals surface area contributed by atoms with Gasteiger partial charge in [0.05, 0.1) is 6.20 Å². The molecule has 2 rings (SSSR count). The minimum Gasteiger partial charge on any atom is -0.487 e. The Hall–Kier alpha value is -1.78. The van der Waals surface area contributed by atoms with Crippen molar-refractivity contribution in [1.82, 2.24) is 10.3 Å². The standard InChI is InChI=1S/C14H12Cl2N2O2/c1-17-14(19)9-2-4-12(15)10(6-9)8-20-11-3-5-13(16)18-7-11/h2-7H,8H2,1H3,(H,17,19). The van der Waals surface area contributed by atoms with Crippen LogP contribution in [0.25, 0.3) is 0 Å². The van der Waals surface area contributed by atoms with Crippen molar-refractivity contribution in [3.05, 3.63) is 57.8 Å². The second-order valence-corrected chi connectivity index (χ2v) is 4.79. The highest BCUT2D eigenvalue weighted by molar-refractivity contribution is 6.31. The highest BCUT2D eigenvalue weighted by Crippen LogP contribution is 2.20. The number of carbonyl (C=O) groups is 1. The summed E-state index contributed by atoms with van der Waals surface area (Å²) in [5, 5.41) is 3.50. The third-order valence-electron chi connectivity index (χ3n) is 2.63. The lowest BCUT2D eigenvalue weighted by Gasteiger charge is -2.09. The first-order chi connectivity index (χ1) is 9.60. The number of halogens is 2. The number of ether oxygens (including phenoxy) is 1. The van der Waals surface area contributed by atoms with Crippen LogP contribution in [0.15, 0.2) is 36.5 Å². The third-order valence-corrected chi connectivity index (χ3v) is 3.22. The third kappa shape index (κ3) is 3.62. The Labute approximate surface area is 126 Å². The lowest BCUT2D eigenvalue weighted by molar-refractivity contribution is 0.0963. The largest absolute Gasteiger partial charge is 0.487 e. The molecule has 0 saturated carbocycles. The fraction of sp³-hybridized carbons (Fsp3) is 0.143. The van der Waals surface area contributed by atoms with E-state index in [2.05, 4.69) is 10.3 Å². The molecule has 0 aliphatic carbocycles. The molecule has 0 radical (unpaired) electrons. The van der Waals surface area contributed by atoms with Gasteiger partial charge >= 0.3 is 0 Å². The topological polar surface area (TPSA) is 51.2 Å². The molecule has 0 unspecified atom stereocenters. The van der Waals surface area contributed by atoms with Crippen LogP contribution in [0.1, 0.15) is 15.9 Å². The average Bonchev–Trinajstić information content (AvgIpc) is 2.47. The summed E-state index contributed by atoms with van der Waals surface area (Å²) in [6.07, 6.45) is 1.53. The Morgan fingerprint density at radius 1 is 1.30 bits per heavy atom. The molecule has 6 heteroatoms. The lowest BCUT2D eigenvalue weighted by atomic mass is 10.1. The number of benzene rings is 1. The first kappa shape index (κ1) is 14.6. The van der Waals surface area contributed by atoms with Gasteiger partial charge in [0.2, 0.25) is 0 Å². The molecule has 1 aromatic carbocycles. The average molecular weight is 311 g/mol. The first-order valence-corrected chi connectivity index (χ1v) is 6.60. The Bertz CT molecular complexity index is 615. The number of carbonyl (C=O) groups excluding carboxylic acids is 1. The van der Waals surface area contributed by atoms with E-state index in [9.17, 15) is 4.79 Å². The van der Waals surface area contributed by atoms with E-state index in [-0.39, 0.29) is 12.5 Å². The zero-order valence-electron chi connectivity index (χ0n) is 10.7. The maximum Gasteiger partial charge on any atom is 0.251 e. The first-order valence-electron chi connectivity index (χ1n) is 5.85. The van der Waals surface area contributed by atoms with Crippen LogP contribution in [-0.4, -0.2) is 17.9 Å². The molecular formula is C14H12Cl2N2O2. The van der Waals surface area contributed by atoms with Gasteiger partial charge in [-0.2, -0.15) is 0 Å². The number of amides is 1. The maximum absolute atomic E-state index is 11.6. The van der Waals surface area contributed by atoms with E-state index in [4.69, 9.17) is 27.9 Å². The van der Waals surface area contributed by atoms with E-state index < -0.39 is 0 Å². The molecule has 0 aliphatic heterocycles. The molecule has 0 spiro atoms. The Balaban J connectivity index is 2.12. The Morgan fingerprint density at radius 2 is 2.10 bits per heavy atom. The van der Waals surface area contributed by atoms with Crippen LogP contribution in [0.2, 0.25) is 10.2 Å². The summed E-state index contributed by atoms with van der Waals surface area (Å²) in [6.45, 7) is 0.243. The normalized spacial score (nSPS) is 10.2. The summed E-state index contributed by atoms with van der Waals surface area (Å²) in [5.41, 5.74) is 1.26. The second-order valence-electron chi connectivity index (χ2n) is 3.99. The number of hydrogen-bond donors (Lipinski definition) is 1. The van der Waals surface area contributed by atoms with Gasteiger partial charge in [0.25, 0.3) is 5.91 Å². The molecule has 0 saturated heterocycles. The highest BCUT2D eigenvalue weighted by Gasteiger charge is 2.08. The van der Waals surface area contributed by atoms with Crippen molar-refractivity contribution >= 4 is 29.1 Å². The van der Waals surface area contributed by atoms with Crippen molar-refractivity contribution in [3.63, 3.8) is 0 Å². The quantitative estimate of drug-likeness (QED) is 0.881. The molecule has 1 amide bonds. The van der Waals surface area contributed by atoms with Crippen LogP contribution < -0.4 is 10.1 Å². The monoisotopic (exact) mass is 310 g/mol. The fourth-order valence-electron chi connectivity index (χ4n) is 1.58. The number of nitrogens with one attached hydrogen (secondary N) is 1. The predicted molar refractivity (Wildman–Crippen MR) is 78.4 cm³/mol. The molecule has 4 nitrogen and oxygen atoms in total. The van der Waals surface area contributed by atoms with E-state index in [0.717, 1.165) is 5.56 Å². The van der Waals surface area contributed by atoms with Gasteiger partial charge in [-0.3, -0.25) is 4.79 Å². The minimum absolute atomic E-state index is 0.170. The van der Waals surface area contributed by atoms with Gasteiger partial charge in [-0.05, 0) is 30.3 Å². The number of aromatic nitrogens is 1. The fourth-order valence-corrected chi connectivity index (χ4v) is 1.86. The van der Waals surface area contributed by atoms with E-state index >= 15 is 0 Å². The van der Waals surface area contributed by atoms with E-state index in [1.54, 1.807) is 37.4 Å². The van der Waals surface area contributed by atoms with Crippen LogP contribution in [0, 0.1) is 0 Å². The zero-order chi connectivity index (χ0) is 14.5. The molecule has 20 heavy (non-hydrogen) atoms. The van der Waals surface area contributed by atoms with Gasteiger partial charge < -0.3 is 10.1 Å². The molecule has 1 aromatic heterocycles. The van der Waals surface area contributed by atoms with E-state index in [1.807, 2.05) is 0 Å². The molecule has 0 bridgehead atoms. The molecule has 1 heterocycles. The van der Waals surface area contributed by atoms with Gasteiger partial charge in [0.15, 0.2) is 0 Å². The van der Waals surface area contributed by atoms with Crippen molar-refractivity contribution in [2.45, 2.75) is 6.61 Å². The van der Waals surface area contributed by atoms with Crippen molar-refractivity contribution in [2.24, 2.45) is 0 Å². The summed E-state index contributed by atoms with van der Waals surface area (Å²) in [6, 6.07) is 8.38. The summed E-state index contributed by atoms with van der Waals surface area (Å²) in [7, 11) is 1.58. The summed E-state index contributed by atoms with van der Waals surface area (Å²) in [4.78, 5) is 15.5. The van der Waals surface area contributed by atoms with Crippen LogP contribution in [0.5, 0.6) is 5.75 Å². The number of nitrogens with zero attached hydrogens (tertiary/aromatic N) is 1. The minimum atomic E-state index is -0.170. The van der Waals surface area contributed by atoms with Crippen LogP contribution in [0.3, 0.4) is 0 Å². The second kappa shape index (κ2) is 6.59. The molecule has 0 fully saturated rings. The molecule has 2 aromatic rings. The zero-order valence-corrected chi connectivity index (χ0v) is 12.2. The van der Waals surface area contributed by atoms with Gasteiger partial charge in [-0.15, -0.1) is 0 Å². The molecule has 1 N–H and O–H groups in total. The molecular weight excluding hydrogens is 299 g/mol. The van der Waals surface area contributed by atoms with Gasteiger partial charge in [-0.25, -0.2) is 4.98 Å². The number of hydrogen-bond acceptors (Lipinski definition) is 3. The van der Waals surface area contributed by atoms with Crippen molar-refractivity contribution in [3.8, 4) is 5.75 Å². The highest BCUT2D eigenvalue weighted by atomic mass is 35.5. The van der Waals surface area contributed by atoms with Gasteiger partial charge in [-0.1, -0.05) is 23.2 Å². The molecule has 104 valence electrons. The van der Waals surface area contributed by atoms with Crippen molar-refractivity contribution in [1.29, 1.82) is 0 Å². The SMILES string of the molecule is CNC(=O)c1ccc(Cl)c(COc2ccc(Cl)nc2)c1. The van der Waals surface area contributed by atoms with Crippen LogP contribution in [0.4, 0.5) is 0 Å². The number of pyridine rings is 1. The number of rotatable bonds is 4. The lowest BCUT2D eigenvalue weighted by Crippen LogP contribution is -2.18. The Morgan fingerprint density at radius 3 is 2.75 bits per heavy atom. The summed E-state index contributed by atoms with van der Waals surface area (Å²) >= 11 is 11.8. The molecule has 0 atom stereocenters. The van der Waals surface area contributed by atoms with E-state index in [0.29, 0.717) is 21.5 Å².